The van der Waals surface area contributed by atoms with Crippen molar-refractivity contribution in [3.05, 3.63) is 35.9 Å². The number of rotatable bonds is 12. The Kier molecular flexibility index (Phi) is 10.6. The van der Waals surface area contributed by atoms with Crippen LogP contribution in [0.15, 0.2) is 30.3 Å². The molecule has 0 aliphatic heterocycles. The van der Waals surface area contributed by atoms with Crippen LogP contribution >= 0.6 is 0 Å². The zero-order valence-electron chi connectivity index (χ0n) is 18.0. The van der Waals surface area contributed by atoms with E-state index in [-0.39, 0.29) is 18.8 Å². The standard InChI is InChI=1S/C21H32N4O6/c1-12(2)9-16(21(30)31)24-20(29)17(11-26)25-18(27)13(3)23-19(28)15(22)10-14-7-5-4-6-8-14/h4-8,12-13,15-17,26H,9-11,22H2,1-3H3,(H,23,28)(H,24,29)(H,25,27)(H,30,31). The van der Waals surface area contributed by atoms with Gasteiger partial charge in [0.2, 0.25) is 17.7 Å². The number of aliphatic carboxylic acids is 1. The lowest BCUT2D eigenvalue weighted by Gasteiger charge is -2.23. The Hall–Kier alpha value is -2.98. The van der Waals surface area contributed by atoms with Gasteiger partial charge in [-0.15, -0.1) is 0 Å². The van der Waals surface area contributed by atoms with E-state index in [2.05, 4.69) is 16.0 Å². The number of carboxylic acid groups (broad SMARTS) is 1. The van der Waals surface area contributed by atoms with Gasteiger partial charge in [-0.1, -0.05) is 44.2 Å². The second-order valence-corrected chi connectivity index (χ2v) is 7.80. The summed E-state index contributed by atoms with van der Waals surface area (Å²) in [5.41, 5.74) is 6.76. The van der Waals surface area contributed by atoms with Crippen LogP contribution in [0.25, 0.3) is 0 Å². The fraction of sp³-hybridized carbons (Fsp3) is 0.524. The first-order valence-electron chi connectivity index (χ1n) is 10.1. The van der Waals surface area contributed by atoms with Gasteiger partial charge in [0.1, 0.15) is 18.1 Å². The Balaban J connectivity index is 2.62. The number of aliphatic hydroxyl groups excluding tert-OH is 1. The summed E-state index contributed by atoms with van der Waals surface area (Å²) in [6.45, 7) is 4.29. The number of nitrogens with two attached hydrogens (primary N) is 1. The van der Waals surface area contributed by atoms with Crippen molar-refractivity contribution in [2.75, 3.05) is 6.61 Å². The molecule has 1 rings (SSSR count). The summed E-state index contributed by atoms with van der Waals surface area (Å²) in [6.07, 6.45) is 0.480. The third kappa shape index (κ3) is 9.14. The molecule has 3 amide bonds. The lowest BCUT2D eigenvalue weighted by Crippen LogP contribution is -2.57. The monoisotopic (exact) mass is 436 g/mol. The van der Waals surface area contributed by atoms with Gasteiger partial charge in [0, 0.05) is 0 Å². The molecule has 0 aliphatic rings. The molecular formula is C21H32N4O6. The normalized spacial score (nSPS) is 14.8. The average Bonchev–Trinajstić information content (AvgIpc) is 2.71. The minimum Gasteiger partial charge on any atom is -0.480 e. The topological polar surface area (TPSA) is 171 Å². The highest BCUT2D eigenvalue weighted by Crippen LogP contribution is 2.05. The zero-order valence-corrected chi connectivity index (χ0v) is 18.0. The van der Waals surface area contributed by atoms with Crippen molar-refractivity contribution in [1.29, 1.82) is 0 Å². The molecule has 31 heavy (non-hydrogen) atoms. The second-order valence-electron chi connectivity index (χ2n) is 7.80. The Bertz CT molecular complexity index is 755. The average molecular weight is 437 g/mol. The molecule has 0 fully saturated rings. The molecule has 0 saturated heterocycles. The molecule has 0 radical (unpaired) electrons. The number of carboxylic acids is 1. The summed E-state index contributed by atoms with van der Waals surface area (Å²) in [5.74, 6) is -3.29. The van der Waals surface area contributed by atoms with Crippen molar-refractivity contribution >= 4 is 23.7 Å². The molecule has 1 aromatic rings. The van der Waals surface area contributed by atoms with Gasteiger partial charge in [0.15, 0.2) is 0 Å². The molecule has 1 aromatic carbocycles. The maximum atomic E-state index is 12.4. The maximum absolute atomic E-state index is 12.4. The lowest BCUT2D eigenvalue weighted by atomic mass is 10.0. The van der Waals surface area contributed by atoms with Crippen molar-refractivity contribution in [2.24, 2.45) is 11.7 Å². The van der Waals surface area contributed by atoms with Gasteiger partial charge in [-0.3, -0.25) is 14.4 Å². The minimum absolute atomic E-state index is 0.0129. The van der Waals surface area contributed by atoms with Crippen molar-refractivity contribution < 1.29 is 29.4 Å². The first-order valence-corrected chi connectivity index (χ1v) is 10.1. The number of nitrogens with one attached hydrogen (secondary N) is 3. The Labute approximate surface area is 181 Å². The number of carbonyl (C=O) groups excluding carboxylic acids is 3. The van der Waals surface area contributed by atoms with E-state index in [0.717, 1.165) is 5.56 Å². The first-order chi connectivity index (χ1) is 14.5. The summed E-state index contributed by atoms with van der Waals surface area (Å²) < 4.78 is 0. The Morgan fingerprint density at radius 2 is 1.48 bits per heavy atom. The van der Waals surface area contributed by atoms with Crippen LogP contribution in [0.1, 0.15) is 32.8 Å². The van der Waals surface area contributed by atoms with Crippen LogP contribution < -0.4 is 21.7 Å². The third-order valence-corrected chi connectivity index (χ3v) is 4.52. The van der Waals surface area contributed by atoms with Crippen LogP contribution in [0, 0.1) is 5.92 Å². The summed E-state index contributed by atoms with van der Waals surface area (Å²) in [4.78, 5) is 48.2. The molecular weight excluding hydrogens is 404 g/mol. The van der Waals surface area contributed by atoms with E-state index in [4.69, 9.17) is 5.73 Å². The highest BCUT2D eigenvalue weighted by molar-refractivity contribution is 5.94. The predicted molar refractivity (Wildman–Crippen MR) is 114 cm³/mol. The number of hydrogen-bond acceptors (Lipinski definition) is 6. The van der Waals surface area contributed by atoms with E-state index >= 15 is 0 Å². The summed E-state index contributed by atoms with van der Waals surface area (Å²) in [7, 11) is 0. The van der Waals surface area contributed by atoms with E-state index in [0.29, 0.717) is 0 Å². The number of amides is 3. The molecule has 4 atom stereocenters. The van der Waals surface area contributed by atoms with Crippen LogP contribution in [0.4, 0.5) is 0 Å². The van der Waals surface area contributed by atoms with Gasteiger partial charge in [-0.2, -0.15) is 0 Å². The van der Waals surface area contributed by atoms with Crippen molar-refractivity contribution in [3.8, 4) is 0 Å². The molecule has 7 N–H and O–H groups in total. The van der Waals surface area contributed by atoms with Crippen LogP contribution in [-0.4, -0.2) is 64.7 Å². The van der Waals surface area contributed by atoms with Gasteiger partial charge < -0.3 is 31.9 Å². The van der Waals surface area contributed by atoms with Crippen molar-refractivity contribution in [2.45, 2.75) is 57.8 Å². The minimum atomic E-state index is -1.36. The molecule has 10 nitrogen and oxygen atoms in total. The lowest BCUT2D eigenvalue weighted by molar-refractivity contribution is -0.143. The molecule has 0 heterocycles. The van der Waals surface area contributed by atoms with Gasteiger partial charge in [-0.25, -0.2) is 4.79 Å². The third-order valence-electron chi connectivity index (χ3n) is 4.52. The molecule has 0 spiro atoms. The second kappa shape index (κ2) is 12.7. The van der Waals surface area contributed by atoms with E-state index in [1.54, 1.807) is 13.8 Å². The van der Waals surface area contributed by atoms with Gasteiger partial charge in [0.25, 0.3) is 0 Å². The van der Waals surface area contributed by atoms with Crippen LogP contribution in [-0.2, 0) is 25.6 Å². The number of benzene rings is 1. The molecule has 4 unspecified atom stereocenters. The highest BCUT2D eigenvalue weighted by atomic mass is 16.4. The molecule has 0 aromatic heterocycles. The first kappa shape index (κ1) is 26.1. The van der Waals surface area contributed by atoms with Crippen molar-refractivity contribution in [3.63, 3.8) is 0 Å². The number of carbonyl (C=O) groups is 4. The van der Waals surface area contributed by atoms with Crippen molar-refractivity contribution in [1.82, 2.24) is 16.0 Å². The van der Waals surface area contributed by atoms with E-state index in [1.165, 1.54) is 6.92 Å². The SMILES string of the molecule is CC(C)CC(NC(=O)C(CO)NC(=O)C(C)NC(=O)C(N)Cc1ccccc1)C(=O)O. The quantitative estimate of drug-likeness (QED) is 0.248. The predicted octanol–water partition coefficient (Wildman–Crippen LogP) is -0.846. The number of aliphatic hydroxyl groups is 1. The highest BCUT2D eigenvalue weighted by Gasteiger charge is 2.28. The van der Waals surface area contributed by atoms with E-state index in [1.807, 2.05) is 30.3 Å². The van der Waals surface area contributed by atoms with Gasteiger partial charge in [0.05, 0.1) is 12.6 Å². The maximum Gasteiger partial charge on any atom is 0.326 e. The number of hydrogen-bond donors (Lipinski definition) is 6. The smallest absolute Gasteiger partial charge is 0.326 e. The fourth-order valence-electron chi connectivity index (χ4n) is 2.80. The molecule has 172 valence electrons. The van der Waals surface area contributed by atoms with Crippen LogP contribution in [0.3, 0.4) is 0 Å². The van der Waals surface area contributed by atoms with E-state index < -0.39 is 54.5 Å². The van der Waals surface area contributed by atoms with Crippen LogP contribution in [0.2, 0.25) is 0 Å². The fourth-order valence-corrected chi connectivity index (χ4v) is 2.80. The van der Waals surface area contributed by atoms with Gasteiger partial charge >= 0.3 is 5.97 Å². The van der Waals surface area contributed by atoms with Crippen LogP contribution in [0.5, 0.6) is 0 Å². The van der Waals surface area contributed by atoms with Gasteiger partial charge in [-0.05, 0) is 31.2 Å². The molecule has 0 bridgehead atoms. The summed E-state index contributed by atoms with van der Waals surface area (Å²) >= 11 is 0. The summed E-state index contributed by atoms with van der Waals surface area (Å²) in [6, 6.07) is 4.75. The zero-order chi connectivity index (χ0) is 23.6. The largest absolute Gasteiger partial charge is 0.480 e. The molecule has 0 aliphatic carbocycles. The Morgan fingerprint density at radius 1 is 0.903 bits per heavy atom. The molecule has 10 heteroatoms. The summed E-state index contributed by atoms with van der Waals surface area (Å²) in [5, 5.41) is 25.8. The molecule has 0 saturated carbocycles. The van der Waals surface area contributed by atoms with E-state index in [9.17, 15) is 29.4 Å². The Morgan fingerprint density at radius 3 is 2.00 bits per heavy atom.